The molecule has 0 aliphatic carbocycles. The zero-order valence-electron chi connectivity index (χ0n) is 11.3. The van der Waals surface area contributed by atoms with Gasteiger partial charge in [0, 0.05) is 16.5 Å². The van der Waals surface area contributed by atoms with Crippen molar-refractivity contribution in [3.63, 3.8) is 0 Å². The Morgan fingerprint density at radius 2 is 1.50 bits per heavy atom. The molecule has 2 N–H and O–H groups in total. The maximum Gasteiger partial charge on any atom is 0.130 e. The molecule has 2 rings (SSSR count). The minimum Gasteiger partial charge on any atom is -0.412 e. The average Bonchev–Trinajstić information content (AvgIpc) is 2.38. The Morgan fingerprint density at radius 1 is 0.950 bits per heavy atom. The molecule has 2 aromatic rings. The van der Waals surface area contributed by atoms with Crippen LogP contribution < -0.4 is 0 Å². The second-order valence-corrected chi connectivity index (χ2v) is 5.00. The number of hydrogen-bond donors (Lipinski definition) is 0. The molecule has 0 amide bonds. The topological polar surface area (TPSA) is 48.6 Å². The van der Waals surface area contributed by atoms with Crippen molar-refractivity contribution in [2.45, 2.75) is 19.8 Å². The third kappa shape index (κ3) is 8.70. The summed E-state index contributed by atoms with van der Waals surface area (Å²) in [5.74, 6) is 0.258. The Hall–Kier alpha value is -1.35. The summed E-state index contributed by atoms with van der Waals surface area (Å²) in [5.41, 5.74) is 1.24. The van der Waals surface area contributed by atoms with Crippen molar-refractivity contribution in [1.82, 2.24) is 0 Å². The molecule has 2 nitrogen and oxygen atoms in total. The summed E-state index contributed by atoms with van der Waals surface area (Å²) < 4.78 is 0. The lowest BCUT2D eigenvalue weighted by Gasteiger charge is -1.96. The first-order chi connectivity index (χ1) is 9.08. The normalized spacial score (nSPS) is 8.95. The number of aryl methyl sites for hydroxylation is 1. The lowest BCUT2D eigenvalue weighted by atomic mass is 10.1. The monoisotopic (exact) mass is 312 g/mol. The van der Waals surface area contributed by atoms with Crippen molar-refractivity contribution in [1.29, 1.82) is 0 Å². The van der Waals surface area contributed by atoms with E-state index in [0.29, 0.717) is 16.5 Å². The summed E-state index contributed by atoms with van der Waals surface area (Å²) in [6.07, 6.45) is 1.53. The number of hydrogen-bond acceptors (Lipinski definition) is 1. The Morgan fingerprint density at radius 3 is 1.90 bits per heavy atom. The van der Waals surface area contributed by atoms with Crippen LogP contribution in [0.5, 0.6) is 0 Å². The van der Waals surface area contributed by atoms with E-state index in [1.54, 1.807) is 25.1 Å². The van der Waals surface area contributed by atoms with Gasteiger partial charge in [0.2, 0.25) is 0 Å². The summed E-state index contributed by atoms with van der Waals surface area (Å²) in [4.78, 5) is 10.6. The molecule has 0 fully saturated rings. The lowest BCUT2D eigenvalue weighted by molar-refractivity contribution is -0.116. The van der Waals surface area contributed by atoms with Crippen LogP contribution in [0.4, 0.5) is 0 Å². The van der Waals surface area contributed by atoms with Gasteiger partial charge in [-0.25, -0.2) is 0 Å². The van der Waals surface area contributed by atoms with Gasteiger partial charge in [0.1, 0.15) is 5.78 Å². The van der Waals surface area contributed by atoms with Crippen molar-refractivity contribution in [2.24, 2.45) is 0 Å². The molecule has 0 bridgehead atoms. The average molecular weight is 313 g/mol. The fraction of sp³-hybridized carbons (Fsp3) is 0.188. The smallest absolute Gasteiger partial charge is 0.130 e. The summed E-state index contributed by atoms with van der Waals surface area (Å²) >= 11 is 11.1. The highest BCUT2D eigenvalue weighted by molar-refractivity contribution is 6.34. The van der Waals surface area contributed by atoms with E-state index in [1.807, 2.05) is 36.4 Å². The van der Waals surface area contributed by atoms with E-state index in [-0.39, 0.29) is 11.3 Å². The Bertz CT molecular complexity index is 496. The second kappa shape index (κ2) is 10.4. The quantitative estimate of drug-likeness (QED) is 0.829. The first kappa shape index (κ1) is 18.7. The van der Waals surface area contributed by atoms with Gasteiger partial charge >= 0.3 is 0 Å². The zero-order chi connectivity index (χ0) is 14.1. The second-order valence-electron chi connectivity index (χ2n) is 4.13. The van der Waals surface area contributed by atoms with Gasteiger partial charge in [-0.3, -0.25) is 0 Å². The van der Waals surface area contributed by atoms with Crippen LogP contribution >= 0.6 is 23.2 Å². The highest BCUT2D eigenvalue weighted by atomic mass is 35.5. The van der Waals surface area contributed by atoms with Gasteiger partial charge in [0.15, 0.2) is 0 Å². The molecular formula is C16H18Cl2O2. The molecule has 0 atom stereocenters. The van der Waals surface area contributed by atoms with E-state index < -0.39 is 0 Å². The van der Waals surface area contributed by atoms with E-state index in [0.717, 1.165) is 6.42 Å². The number of halogens is 2. The highest BCUT2D eigenvalue weighted by Crippen LogP contribution is 2.14. The number of ketones is 1. The minimum atomic E-state index is 0. The largest absolute Gasteiger partial charge is 0.412 e. The van der Waals surface area contributed by atoms with Crippen LogP contribution in [-0.4, -0.2) is 11.3 Å². The molecule has 0 aliphatic heterocycles. The van der Waals surface area contributed by atoms with E-state index in [4.69, 9.17) is 23.2 Å². The van der Waals surface area contributed by atoms with Gasteiger partial charge in [-0.15, -0.1) is 0 Å². The molecule has 20 heavy (non-hydrogen) atoms. The van der Waals surface area contributed by atoms with Crippen molar-refractivity contribution in [3.05, 3.63) is 70.2 Å². The van der Waals surface area contributed by atoms with Gasteiger partial charge in [-0.05, 0) is 37.1 Å². The van der Waals surface area contributed by atoms with Crippen LogP contribution in [0.1, 0.15) is 18.9 Å². The van der Waals surface area contributed by atoms with E-state index in [2.05, 4.69) is 0 Å². The fourth-order valence-electron chi connectivity index (χ4n) is 1.42. The maximum absolute atomic E-state index is 10.6. The molecule has 108 valence electrons. The third-order valence-electron chi connectivity index (χ3n) is 2.40. The van der Waals surface area contributed by atoms with Crippen LogP contribution in [0.15, 0.2) is 54.6 Å². The number of benzene rings is 2. The van der Waals surface area contributed by atoms with Crippen LogP contribution in [-0.2, 0) is 11.2 Å². The van der Waals surface area contributed by atoms with Gasteiger partial charge < -0.3 is 10.3 Å². The molecule has 0 saturated carbocycles. The van der Waals surface area contributed by atoms with Crippen molar-refractivity contribution >= 4 is 29.0 Å². The molecular weight excluding hydrogens is 295 g/mol. The predicted octanol–water partition coefficient (Wildman–Crippen LogP) is 4.38. The molecule has 0 spiro atoms. The number of carbonyl (C=O) groups excluding carboxylic acids is 1. The molecule has 4 heteroatoms. The Kier molecular flexibility index (Phi) is 9.73. The van der Waals surface area contributed by atoms with E-state index in [1.165, 1.54) is 5.56 Å². The van der Waals surface area contributed by atoms with Crippen molar-refractivity contribution in [3.8, 4) is 0 Å². The minimum absolute atomic E-state index is 0. The molecule has 0 saturated heterocycles. The molecule has 0 radical (unpaired) electrons. The lowest BCUT2D eigenvalue weighted by Crippen LogP contribution is -1.92. The zero-order valence-corrected chi connectivity index (χ0v) is 12.8. The maximum atomic E-state index is 10.6. The molecule has 0 aromatic heterocycles. The van der Waals surface area contributed by atoms with Crippen LogP contribution in [0, 0.1) is 0 Å². The number of Topliss-reactive ketones (excluding diaryl/α,β-unsaturated/α-hetero) is 1. The first-order valence-corrected chi connectivity index (χ1v) is 6.78. The molecule has 0 unspecified atom stereocenters. The highest BCUT2D eigenvalue weighted by Gasteiger charge is 1.94. The number of rotatable bonds is 3. The predicted molar refractivity (Wildman–Crippen MR) is 85.5 cm³/mol. The molecule has 0 heterocycles. The first-order valence-electron chi connectivity index (χ1n) is 6.02. The van der Waals surface area contributed by atoms with Crippen LogP contribution in [0.3, 0.4) is 0 Å². The molecule has 2 aromatic carbocycles. The van der Waals surface area contributed by atoms with Gasteiger partial charge in [-0.1, -0.05) is 59.6 Å². The van der Waals surface area contributed by atoms with E-state index >= 15 is 0 Å². The summed E-state index contributed by atoms with van der Waals surface area (Å²) in [7, 11) is 0. The Balaban J connectivity index is 0.000000359. The third-order valence-corrected chi connectivity index (χ3v) is 2.87. The standard InChI is InChI=1S/C10H12O.C6H4Cl2.H2O/c1-9(11)7-8-10-5-3-2-4-6-10;7-5-2-1-3-6(8)4-5;/h2-6H,7-8H2,1H3;1-4H;1H2. The molecule has 0 aliphatic rings. The fourth-order valence-corrected chi connectivity index (χ4v) is 1.86. The van der Waals surface area contributed by atoms with Crippen molar-refractivity contribution in [2.75, 3.05) is 0 Å². The van der Waals surface area contributed by atoms with Crippen LogP contribution in [0.2, 0.25) is 10.0 Å². The van der Waals surface area contributed by atoms with Gasteiger partial charge in [-0.2, -0.15) is 0 Å². The number of carbonyl (C=O) groups is 1. The summed E-state index contributed by atoms with van der Waals surface area (Å²) in [5, 5.41) is 1.36. The summed E-state index contributed by atoms with van der Waals surface area (Å²) in [6, 6.07) is 17.1. The van der Waals surface area contributed by atoms with Gasteiger partial charge in [0.25, 0.3) is 0 Å². The van der Waals surface area contributed by atoms with Crippen LogP contribution in [0.25, 0.3) is 0 Å². The van der Waals surface area contributed by atoms with Gasteiger partial charge in [0.05, 0.1) is 0 Å². The van der Waals surface area contributed by atoms with Crippen molar-refractivity contribution < 1.29 is 10.3 Å². The summed E-state index contributed by atoms with van der Waals surface area (Å²) in [6.45, 7) is 1.63. The SMILES string of the molecule is CC(=O)CCc1ccccc1.Clc1cccc(Cl)c1.O. The van der Waals surface area contributed by atoms with E-state index in [9.17, 15) is 4.79 Å². The Labute approximate surface area is 129 Å².